The summed E-state index contributed by atoms with van der Waals surface area (Å²) in [4.78, 5) is 87.1. The zero-order valence-electron chi connectivity index (χ0n) is 28.5. The Bertz CT molecular complexity index is 1310. The second-order valence-electron chi connectivity index (χ2n) is 12.6. The van der Waals surface area contributed by atoms with E-state index in [0.29, 0.717) is 31.4 Å². The number of amides is 7. The van der Waals surface area contributed by atoms with Gasteiger partial charge < -0.3 is 31.7 Å². The number of anilines is 1. The van der Waals surface area contributed by atoms with E-state index in [1.807, 2.05) is 20.8 Å². The zero-order valence-corrected chi connectivity index (χ0v) is 28.5. The Labute approximate surface area is 281 Å². The summed E-state index contributed by atoms with van der Waals surface area (Å²) >= 11 is 0. The van der Waals surface area contributed by atoms with Crippen LogP contribution in [0, 0.1) is 17.8 Å². The van der Waals surface area contributed by atoms with E-state index < -0.39 is 29.9 Å². The monoisotopic (exact) mass is 670 g/mol. The first-order valence-corrected chi connectivity index (χ1v) is 16.4. The number of unbranched alkanes of at least 4 members (excludes halogenated alkanes) is 2. The number of carbonyl (C=O) groups excluding carboxylic acids is 7. The maximum absolute atomic E-state index is 13.4. The number of rotatable bonds is 20. The fourth-order valence-electron chi connectivity index (χ4n) is 4.68. The van der Waals surface area contributed by atoms with Crippen LogP contribution in [0.1, 0.15) is 78.7 Å². The highest BCUT2D eigenvalue weighted by Gasteiger charge is 2.29. The van der Waals surface area contributed by atoms with E-state index in [-0.39, 0.29) is 74.0 Å². The molecule has 6 N–H and O–H groups in total. The number of ether oxygens (including phenoxy) is 1. The van der Waals surface area contributed by atoms with Gasteiger partial charge in [-0.2, -0.15) is 0 Å². The van der Waals surface area contributed by atoms with Crippen molar-refractivity contribution in [1.82, 2.24) is 20.9 Å². The minimum absolute atomic E-state index is 0.0936. The molecule has 0 aromatic heterocycles. The average Bonchev–Trinajstić information content (AvgIpc) is 3.35. The normalized spacial score (nSPS) is 14.4. The number of nitrogens with zero attached hydrogens (tertiary/aromatic N) is 1. The van der Waals surface area contributed by atoms with Crippen LogP contribution < -0.4 is 27.0 Å². The van der Waals surface area contributed by atoms with Gasteiger partial charge >= 0.3 is 12.0 Å². The van der Waals surface area contributed by atoms with Crippen LogP contribution in [0.3, 0.4) is 0 Å². The van der Waals surface area contributed by atoms with E-state index in [0.717, 1.165) is 10.5 Å². The molecule has 0 spiro atoms. The number of urea groups is 1. The fourth-order valence-corrected chi connectivity index (χ4v) is 4.68. The molecule has 0 radical (unpaired) electrons. The largest absolute Gasteiger partial charge is 0.461 e. The van der Waals surface area contributed by atoms with Crippen LogP contribution in [0.5, 0.6) is 0 Å². The summed E-state index contributed by atoms with van der Waals surface area (Å²) < 4.78 is 5.38. The third-order valence-electron chi connectivity index (χ3n) is 8.03. The maximum Gasteiger partial charge on any atom is 0.312 e. The summed E-state index contributed by atoms with van der Waals surface area (Å²) in [5.74, 6) is -2.70. The lowest BCUT2D eigenvalue weighted by molar-refractivity contribution is -0.150. The Kier molecular flexibility index (Phi) is 16.3. The van der Waals surface area contributed by atoms with Gasteiger partial charge in [0.1, 0.15) is 18.7 Å². The Balaban J connectivity index is 1.95. The SMILES string of the molecule is CC(C)[C@H](NC(=O)CCCCCN1C(=O)C=CC1=O)C(=O)N[C@@H](CCCNC(N)=O)C(=O)Nc1ccc(COC(=O)[C@H](C)C(C)C)cc1. The predicted molar refractivity (Wildman–Crippen MR) is 179 cm³/mol. The number of imide groups is 1. The van der Waals surface area contributed by atoms with E-state index >= 15 is 0 Å². The molecule has 264 valence electrons. The van der Waals surface area contributed by atoms with Crippen molar-refractivity contribution in [1.29, 1.82) is 0 Å². The Morgan fingerprint density at radius 2 is 1.46 bits per heavy atom. The number of hydrogen-bond acceptors (Lipinski definition) is 8. The molecular formula is C34H50N6O8. The van der Waals surface area contributed by atoms with E-state index in [1.54, 1.807) is 38.1 Å². The van der Waals surface area contributed by atoms with Gasteiger partial charge in [-0.25, -0.2) is 4.79 Å². The molecule has 48 heavy (non-hydrogen) atoms. The van der Waals surface area contributed by atoms with Crippen LogP contribution >= 0.6 is 0 Å². The highest BCUT2D eigenvalue weighted by Crippen LogP contribution is 2.16. The lowest BCUT2D eigenvalue weighted by atomic mass is 9.99. The molecule has 1 aliphatic rings. The maximum atomic E-state index is 13.4. The molecule has 1 heterocycles. The summed E-state index contributed by atoms with van der Waals surface area (Å²) in [5.41, 5.74) is 6.34. The molecule has 1 aromatic carbocycles. The fraction of sp³-hybridized carbons (Fsp3) is 0.559. The van der Waals surface area contributed by atoms with Crippen molar-refractivity contribution in [3.8, 4) is 0 Å². The van der Waals surface area contributed by atoms with Crippen LogP contribution in [0.15, 0.2) is 36.4 Å². The van der Waals surface area contributed by atoms with Crippen molar-refractivity contribution >= 4 is 47.2 Å². The lowest BCUT2D eigenvalue weighted by Crippen LogP contribution is -2.54. The number of carbonyl (C=O) groups is 7. The van der Waals surface area contributed by atoms with Gasteiger partial charge in [-0.15, -0.1) is 0 Å². The summed E-state index contributed by atoms with van der Waals surface area (Å²) in [7, 11) is 0. The predicted octanol–water partition coefficient (Wildman–Crippen LogP) is 2.52. The topological polar surface area (TPSA) is 206 Å². The molecule has 7 amide bonds. The summed E-state index contributed by atoms with van der Waals surface area (Å²) in [6.45, 7) is 9.82. The van der Waals surface area contributed by atoms with Gasteiger partial charge in [-0.3, -0.25) is 33.7 Å². The van der Waals surface area contributed by atoms with E-state index in [4.69, 9.17) is 10.5 Å². The summed E-state index contributed by atoms with van der Waals surface area (Å²) in [6, 6.07) is 4.16. The first-order valence-electron chi connectivity index (χ1n) is 16.4. The molecule has 14 heteroatoms. The number of nitrogens with one attached hydrogen (secondary N) is 4. The van der Waals surface area contributed by atoms with Crippen molar-refractivity contribution in [2.24, 2.45) is 23.5 Å². The quantitative estimate of drug-likeness (QED) is 0.0790. The molecule has 0 aliphatic carbocycles. The molecule has 0 saturated heterocycles. The number of primary amides is 1. The second kappa shape index (κ2) is 19.8. The van der Waals surface area contributed by atoms with Gasteiger partial charge in [-0.05, 0) is 55.2 Å². The third kappa shape index (κ3) is 13.5. The van der Waals surface area contributed by atoms with Crippen molar-refractivity contribution in [2.75, 3.05) is 18.4 Å². The Hall–Kier alpha value is -4.75. The second-order valence-corrected chi connectivity index (χ2v) is 12.6. The average molecular weight is 671 g/mol. The smallest absolute Gasteiger partial charge is 0.312 e. The molecule has 3 atom stereocenters. The molecule has 0 fully saturated rings. The number of esters is 1. The standard InChI is InChI=1S/C34H50N6O8/c1-21(2)23(5)33(46)48-20-24-12-14-25(15-13-24)37-31(44)26(10-9-18-36-34(35)47)38-32(45)30(22(3)4)39-27(41)11-7-6-8-19-40-28(42)16-17-29(40)43/h12-17,21-23,26,30H,6-11,18-20H2,1-5H3,(H,37,44)(H,38,45)(H,39,41)(H3,35,36,47)/t23-,26+,30+/m1/s1. The molecule has 0 unspecified atom stereocenters. The molecule has 0 bridgehead atoms. The summed E-state index contributed by atoms with van der Waals surface area (Å²) in [5, 5.41) is 10.8. The molecule has 1 aromatic rings. The van der Waals surface area contributed by atoms with Gasteiger partial charge in [0.2, 0.25) is 17.7 Å². The Morgan fingerprint density at radius 3 is 2.04 bits per heavy atom. The first-order chi connectivity index (χ1) is 22.7. The lowest BCUT2D eigenvalue weighted by Gasteiger charge is -2.25. The van der Waals surface area contributed by atoms with Crippen LogP contribution in [-0.4, -0.2) is 71.6 Å². The number of hydrogen-bond donors (Lipinski definition) is 5. The Morgan fingerprint density at radius 1 is 0.812 bits per heavy atom. The van der Waals surface area contributed by atoms with Crippen molar-refractivity contribution < 1.29 is 38.3 Å². The van der Waals surface area contributed by atoms with Crippen molar-refractivity contribution in [3.05, 3.63) is 42.0 Å². The third-order valence-corrected chi connectivity index (χ3v) is 8.03. The number of benzene rings is 1. The highest BCUT2D eigenvalue weighted by atomic mass is 16.5. The molecular weight excluding hydrogens is 620 g/mol. The van der Waals surface area contributed by atoms with Crippen LogP contribution in [0.4, 0.5) is 10.5 Å². The van der Waals surface area contributed by atoms with Gasteiger partial charge in [0.15, 0.2) is 0 Å². The van der Waals surface area contributed by atoms with Gasteiger partial charge in [0, 0.05) is 37.3 Å². The van der Waals surface area contributed by atoms with Crippen LogP contribution in [0.2, 0.25) is 0 Å². The minimum atomic E-state index is -0.992. The van der Waals surface area contributed by atoms with E-state index in [2.05, 4.69) is 21.3 Å². The van der Waals surface area contributed by atoms with Gasteiger partial charge in [-0.1, -0.05) is 53.2 Å². The van der Waals surface area contributed by atoms with Gasteiger partial charge in [0.05, 0.1) is 5.92 Å². The van der Waals surface area contributed by atoms with Crippen LogP contribution in [-0.2, 0) is 40.1 Å². The highest BCUT2D eigenvalue weighted by molar-refractivity contribution is 6.12. The summed E-state index contributed by atoms with van der Waals surface area (Å²) in [6.07, 6.45) is 4.77. The van der Waals surface area contributed by atoms with Gasteiger partial charge in [0.25, 0.3) is 11.8 Å². The van der Waals surface area contributed by atoms with Crippen LogP contribution in [0.25, 0.3) is 0 Å². The molecule has 2 rings (SSSR count). The van der Waals surface area contributed by atoms with E-state index in [9.17, 15) is 33.6 Å². The van der Waals surface area contributed by atoms with Crippen molar-refractivity contribution in [3.63, 3.8) is 0 Å². The number of nitrogens with two attached hydrogens (primary N) is 1. The van der Waals surface area contributed by atoms with Crippen molar-refractivity contribution in [2.45, 2.75) is 91.8 Å². The first kappa shape index (κ1) is 39.4. The van der Waals surface area contributed by atoms with E-state index in [1.165, 1.54) is 12.2 Å². The zero-order chi connectivity index (χ0) is 35.8. The minimum Gasteiger partial charge on any atom is -0.461 e. The molecule has 14 nitrogen and oxygen atoms in total. The molecule has 0 saturated carbocycles. The molecule has 1 aliphatic heterocycles.